The molecule has 3 rings (SSSR count). The first kappa shape index (κ1) is 60.6. The van der Waals surface area contributed by atoms with E-state index in [0.29, 0.717) is 169 Å². The summed E-state index contributed by atoms with van der Waals surface area (Å²) in [5.74, 6) is -1.36. The first-order valence-corrected chi connectivity index (χ1v) is 24.6. The van der Waals surface area contributed by atoms with Crippen LogP contribution in [-0.4, -0.2) is 220 Å². The van der Waals surface area contributed by atoms with Crippen LogP contribution in [-0.2, 0) is 82.7 Å². The lowest BCUT2D eigenvalue weighted by Crippen LogP contribution is -2.41. The molecule has 5 amide bonds. The van der Waals surface area contributed by atoms with Gasteiger partial charge in [0.05, 0.1) is 151 Å². The molecule has 1 aromatic heterocycles. The van der Waals surface area contributed by atoms with E-state index in [1.807, 2.05) is 24.6 Å². The maximum absolute atomic E-state index is 13.2. The Morgan fingerprint density at radius 3 is 1.61 bits per heavy atom. The van der Waals surface area contributed by atoms with Gasteiger partial charge in [-0.05, 0) is 38.7 Å². The normalized spacial score (nSPS) is 13.4. The molecule has 0 unspecified atom stereocenters. The quantitative estimate of drug-likeness (QED) is 0.0461. The first-order valence-electron chi connectivity index (χ1n) is 24.6. The third kappa shape index (κ3) is 28.2. The Morgan fingerprint density at radius 1 is 0.634 bits per heavy atom. The summed E-state index contributed by atoms with van der Waals surface area (Å²) in [6, 6.07) is 0. The average Bonchev–Trinajstić information content (AvgIpc) is 3.82. The monoisotopic (exact) mass is 1010 g/mol. The third-order valence-corrected chi connectivity index (χ3v) is 9.98. The summed E-state index contributed by atoms with van der Waals surface area (Å²) >= 11 is 0. The van der Waals surface area contributed by atoms with E-state index in [0.717, 1.165) is 48.4 Å². The molecule has 0 bridgehead atoms. The number of nitrogens with two attached hydrogens (primary N) is 1. The molecule has 0 aliphatic carbocycles. The van der Waals surface area contributed by atoms with E-state index in [4.69, 9.17) is 57.9 Å². The van der Waals surface area contributed by atoms with Crippen molar-refractivity contribution >= 4 is 47.1 Å². The van der Waals surface area contributed by atoms with Gasteiger partial charge in [0.25, 0.3) is 17.7 Å². The van der Waals surface area contributed by atoms with E-state index in [1.54, 1.807) is 6.20 Å². The van der Waals surface area contributed by atoms with Gasteiger partial charge >= 0.3 is 0 Å². The number of hydrogen-bond acceptors (Lipinski definition) is 19. The third-order valence-electron chi connectivity index (χ3n) is 9.98. The average molecular weight is 1010 g/mol. The summed E-state index contributed by atoms with van der Waals surface area (Å²) in [6.07, 6.45) is 9.56. The van der Waals surface area contributed by atoms with Crippen molar-refractivity contribution in [2.45, 2.75) is 58.9 Å². The maximum Gasteiger partial charge on any atom is 0.273 e. The number of amidine groups is 1. The van der Waals surface area contributed by atoms with Crippen molar-refractivity contribution in [3.8, 4) is 0 Å². The number of aliphatic imine (C=N–C) groups is 1. The van der Waals surface area contributed by atoms with E-state index in [1.165, 1.54) is 5.06 Å². The molecule has 0 radical (unpaired) electrons. The molecular weight excluding hydrogens is 933 g/mol. The minimum atomic E-state index is -0.498. The molecule has 24 nitrogen and oxygen atoms in total. The van der Waals surface area contributed by atoms with Gasteiger partial charge in [0.2, 0.25) is 11.8 Å². The van der Waals surface area contributed by atoms with Crippen LogP contribution in [0, 0.1) is 0 Å². The highest BCUT2D eigenvalue weighted by molar-refractivity contribution is 6.14. The van der Waals surface area contributed by atoms with Crippen molar-refractivity contribution in [2.24, 2.45) is 10.7 Å². The number of ether oxygens (including phenoxy) is 10. The van der Waals surface area contributed by atoms with E-state index in [2.05, 4.69) is 20.7 Å². The number of imide groups is 1. The van der Waals surface area contributed by atoms with Gasteiger partial charge in [-0.25, -0.2) is 10.1 Å². The number of fused-ring (bicyclic) bond motifs is 1. The topological polar surface area (TPSA) is 274 Å². The number of aromatic nitrogens is 2. The number of carbonyl (C=O) groups is 5. The van der Waals surface area contributed by atoms with Crippen LogP contribution in [0.3, 0.4) is 0 Å². The van der Waals surface area contributed by atoms with E-state index in [-0.39, 0.29) is 44.4 Å². The second-order valence-electron chi connectivity index (χ2n) is 15.6. The number of unbranched alkanes of at least 4 members (excludes halogenated alkanes) is 2. The Balaban J connectivity index is 0.974. The number of aryl methyl sites for hydroxylation is 1. The molecule has 3 heterocycles. The fourth-order valence-electron chi connectivity index (χ4n) is 6.46. The van der Waals surface area contributed by atoms with Crippen molar-refractivity contribution < 1.29 is 76.2 Å². The molecule has 24 heteroatoms. The van der Waals surface area contributed by atoms with Crippen LogP contribution in [0.5, 0.6) is 0 Å². The first-order chi connectivity index (χ1) is 34.7. The Morgan fingerprint density at radius 2 is 1.11 bits per heavy atom. The molecule has 0 atom stereocenters. The number of nitrogens with zero attached hydrogens (tertiary/aromatic N) is 5. The van der Waals surface area contributed by atoms with Gasteiger partial charge in [0.1, 0.15) is 18.1 Å². The van der Waals surface area contributed by atoms with Crippen molar-refractivity contribution in [3.63, 3.8) is 0 Å². The standard InChI is InChI=1S/C47H78N8O16/c1-3-13-55(71-4-2)47(60)39-35-41-40(52-42(48)36-39)37-51-54(41)14-7-5-6-11-49-43(56)10-15-61-17-19-63-21-23-65-25-27-67-29-31-69-33-34-70-32-30-68-28-26-66-24-22-64-20-18-62-16-12-50-44(57)38-53-45(58)8-9-46(53)59/h8-9,35,37H,3-7,10-34,36,38H2,1-2H3,(H2,48,52)(H,49,56)(H,50,57). The maximum atomic E-state index is 13.2. The molecule has 0 fully saturated rings. The molecule has 0 saturated carbocycles. The van der Waals surface area contributed by atoms with Gasteiger partial charge in [0, 0.05) is 56.7 Å². The molecule has 0 aromatic carbocycles. The number of nitrogens with one attached hydrogen (secondary N) is 2. The second kappa shape index (κ2) is 39.8. The lowest BCUT2D eigenvalue weighted by Gasteiger charge is -2.21. The molecule has 0 spiro atoms. The zero-order valence-electron chi connectivity index (χ0n) is 41.8. The summed E-state index contributed by atoms with van der Waals surface area (Å²) in [5, 5.41) is 11.4. The molecule has 1 aromatic rings. The summed E-state index contributed by atoms with van der Waals surface area (Å²) in [7, 11) is 0. The highest BCUT2D eigenvalue weighted by atomic mass is 16.7. The van der Waals surface area contributed by atoms with Crippen molar-refractivity contribution in [1.82, 2.24) is 30.4 Å². The largest absolute Gasteiger partial charge is 0.387 e. The number of carbonyl (C=O) groups excluding carboxylic acids is 5. The van der Waals surface area contributed by atoms with Crippen molar-refractivity contribution in [1.29, 1.82) is 0 Å². The van der Waals surface area contributed by atoms with Crippen LogP contribution in [0.25, 0.3) is 6.08 Å². The van der Waals surface area contributed by atoms with E-state index in [9.17, 15) is 24.0 Å². The number of rotatable bonds is 46. The molecule has 402 valence electrons. The number of hydrogen-bond donors (Lipinski definition) is 3. The summed E-state index contributed by atoms with van der Waals surface area (Å²) in [6.45, 7) is 14.1. The Hall–Kier alpha value is -4.73. The van der Waals surface area contributed by atoms with Crippen molar-refractivity contribution in [2.75, 3.05) is 165 Å². The molecular formula is C47H78N8O16. The highest BCUT2D eigenvalue weighted by Gasteiger charge is 2.26. The zero-order valence-corrected chi connectivity index (χ0v) is 41.8. The lowest BCUT2D eigenvalue weighted by molar-refractivity contribution is -0.180. The minimum absolute atomic E-state index is 0.0594. The van der Waals surface area contributed by atoms with Gasteiger partial charge in [-0.1, -0.05) is 6.92 Å². The second-order valence-corrected chi connectivity index (χ2v) is 15.6. The smallest absolute Gasteiger partial charge is 0.273 e. The lowest BCUT2D eigenvalue weighted by atomic mass is 10.1. The van der Waals surface area contributed by atoms with Crippen LogP contribution in [0.2, 0.25) is 0 Å². The van der Waals surface area contributed by atoms with Crippen LogP contribution < -0.4 is 16.4 Å². The predicted octanol–water partition coefficient (Wildman–Crippen LogP) is 0.733. The van der Waals surface area contributed by atoms with Crippen LogP contribution in [0.1, 0.15) is 58.1 Å². The van der Waals surface area contributed by atoms with Gasteiger partial charge in [-0.15, -0.1) is 0 Å². The summed E-state index contributed by atoms with van der Waals surface area (Å²) in [4.78, 5) is 71.1. The fraction of sp³-hybridized carbons (Fsp3) is 0.723. The van der Waals surface area contributed by atoms with Crippen molar-refractivity contribution in [3.05, 3.63) is 29.6 Å². The minimum Gasteiger partial charge on any atom is -0.387 e. The van der Waals surface area contributed by atoms with Crippen LogP contribution >= 0.6 is 0 Å². The molecule has 2 aliphatic rings. The Kier molecular flexibility index (Phi) is 34.0. The zero-order chi connectivity index (χ0) is 51.0. The molecule has 0 saturated heterocycles. The number of hydroxylamine groups is 2. The Bertz CT molecular complexity index is 1740. The van der Waals surface area contributed by atoms with E-state index >= 15 is 0 Å². The molecule has 2 aliphatic heterocycles. The molecule has 4 N–H and O–H groups in total. The van der Waals surface area contributed by atoms with Crippen LogP contribution in [0.15, 0.2) is 28.9 Å². The molecule has 71 heavy (non-hydrogen) atoms. The van der Waals surface area contributed by atoms with Gasteiger partial charge < -0.3 is 63.7 Å². The van der Waals surface area contributed by atoms with Gasteiger partial charge in [-0.3, -0.25) is 38.4 Å². The summed E-state index contributed by atoms with van der Waals surface area (Å²) in [5.41, 5.74) is 8.02. The Labute approximate surface area is 417 Å². The number of amides is 5. The van der Waals surface area contributed by atoms with E-state index < -0.39 is 17.7 Å². The van der Waals surface area contributed by atoms with Crippen LogP contribution in [0.4, 0.5) is 5.69 Å². The van der Waals surface area contributed by atoms with Gasteiger partial charge in [0.15, 0.2) is 0 Å². The highest BCUT2D eigenvalue weighted by Crippen LogP contribution is 2.27. The van der Waals surface area contributed by atoms with Gasteiger partial charge in [-0.2, -0.15) is 5.10 Å². The predicted molar refractivity (Wildman–Crippen MR) is 258 cm³/mol. The summed E-state index contributed by atoms with van der Waals surface area (Å²) < 4.78 is 56.7. The fourth-order valence-corrected chi connectivity index (χ4v) is 6.46. The SMILES string of the molecule is CCCN(OCC)C(=O)C1=Cc2c(cnn2CCCCCNC(=O)CCOCCOCCOCCOCCOCCOCCOCCOCCOCCOCCNC(=O)CN2C(=O)C=CC2=O)N=C(N)C1.